The van der Waals surface area contributed by atoms with Gasteiger partial charge in [-0.1, -0.05) is 32.8 Å². The number of carboxylic acid groups (broad SMARTS) is 1. The summed E-state index contributed by atoms with van der Waals surface area (Å²) in [6.07, 6.45) is 2.13. The molecule has 0 saturated heterocycles. The van der Waals surface area contributed by atoms with E-state index in [1.54, 1.807) is 0 Å². The van der Waals surface area contributed by atoms with Crippen molar-refractivity contribution in [3.8, 4) is 0 Å². The van der Waals surface area contributed by atoms with Crippen molar-refractivity contribution in [2.75, 3.05) is 5.32 Å². The summed E-state index contributed by atoms with van der Waals surface area (Å²) in [5.41, 5.74) is -0.740. The van der Waals surface area contributed by atoms with Gasteiger partial charge in [0.2, 0.25) is 5.91 Å². The molecule has 1 amide bonds. The van der Waals surface area contributed by atoms with E-state index in [0.29, 0.717) is 12.8 Å². The van der Waals surface area contributed by atoms with Crippen LogP contribution in [-0.4, -0.2) is 27.7 Å². The quantitative estimate of drug-likeness (QED) is 0.651. The standard InChI is InChI=1S/C17H24FNO4/c1-3-7-17(23,8-4-2)11-15(20)19-13-6-5-12(9-16(21)22)14(18)10-13/h5-6,10,23H,3-4,7-9,11H2,1-2H3,(H,19,20)(H,21,22). The maximum absolute atomic E-state index is 13.8. The average molecular weight is 325 g/mol. The third-order valence-corrected chi connectivity index (χ3v) is 3.60. The predicted octanol–water partition coefficient (Wildman–Crippen LogP) is 3.11. The Bertz CT molecular complexity index is 554. The van der Waals surface area contributed by atoms with Crippen LogP contribution in [0.4, 0.5) is 10.1 Å². The lowest BCUT2D eigenvalue weighted by atomic mass is 9.89. The summed E-state index contributed by atoms with van der Waals surface area (Å²) in [4.78, 5) is 22.7. The molecule has 1 aromatic rings. The summed E-state index contributed by atoms with van der Waals surface area (Å²) in [6, 6.07) is 3.89. The summed E-state index contributed by atoms with van der Waals surface area (Å²) in [6.45, 7) is 3.88. The molecule has 0 spiro atoms. The minimum atomic E-state index is -1.12. The van der Waals surface area contributed by atoms with Crippen molar-refractivity contribution in [2.45, 2.75) is 58.0 Å². The fourth-order valence-electron chi connectivity index (χ4n) is 2.67. The summed E-state index contributed by atoms with van der Waals surface area (Å²) in [5.74, 6) is -2.19. The summed E-state index contributed by atoms with van der Waals surface area (Å²) in [7, 11) is 0. The minimum Gasteiger partial charge on any atom is -0.481 e. The number of anilines is 1. The van der Waals surface area contributed by atoms with E-state index >= 15 is 0 Å². The van der Waals surface area contributed by atoms with E-state index in [0.717, 1.165) is 18.9 Å². The lowest BCUT2D eigenvalue weighted by molar-refractivity contribution is -0.136. The maximum atomic E-state index is 13.8. The SMILES string of the molecule is CCCC(O)(CCC)CC(=O)Nc1ccc(CC(=O)O)c(F)c1. The Morgan fingerprint density at radius 2 is 1.83 bits per heavy atom. The molecule has 6 heteroatoms. The Hall–Kier alpha value is -1.95. The van der Waals surface area contributed by atoms with Crippen LogP contribution in [0.25, 0.3) is 0 Å². The second-order valence-corrected chi connectivity index (χ2v) is 5.83. The van der Waals surface area contributed by atoms with Crippen LogP contribution in [0, 0.1) is 5.82 Å². The van der Waals surface area contributed by atoms with Crippen LogP contribution in [0.5, 0.6) is 0 Å². The molecule has 0 unspecified atom stereocenters. The number of hydrogen-bond acceptors (Lipinski definition) is 3. The number of carbonyl (C=O) groups excluding carboxylic acids is 1. The molecular weight excluding hydrogens is 301 g/mol. The summed E-state index contributed by atoms with van der Waals surface area (Å²) < 4.78 is 13.8. The molecule has 0 aromatic heterocycles. The normalized spacial score (nSPS) is 11.3. The Balaban J connectivity index is 2.73. The molecule has 0 atom stereocenters. The predicted molar refractivity (Wildman–Crippen MR) is 85.8 cm³/mol. The molecule has 1 rings (SSSR count). The van der Waals surface area contributed by atoms with Gasteiger partial charge in [-0.15, -0.1) is 0 Å². The molecule has 0 aliphatic heterocycles. The molecule has 5 nitrogen and oxygen atoms in total. The van der Waals surface area contributed by atoms with E-state index in [1.165, 1.54) is 12.1 Å². The zero-order valence-electron chi connectivity index (χ0n) is 13.6. The van der Waals surface area contributed by atoms with Gasteiger partial charge < -0.3 is 15.5 Å². The van der Waals surface area contributed by atoms with Gasteiger partial charge in [-0.2, -0.15) is 0 Å². The van der Waals surface area contributed by atoms with Gasteiger partial charge in [0.1, 0.15) is 5.82 Å². The first-order valence-corrected chi connectivity index (χ1v) is 7.82. The van der Waals surface area contributed by atoms with Gasteiger partial charge in [0.15, 0.2) is 0 Å². The van der Waals surface area contributed by atoms with Crippen LogP contribution in [-0.2, 0) is 16.0 Å². The number of nitrogens with one attached hydrogen (secondary N) is 1. The highest BCUT2D eigenvalue weighted by atomic mass is 19.1. The van der Waals surface area contributed by atoms with Crippen LogP contribution in [0.15, 0.2) is 18.2 Å². The molecular formula is C17H24FNO4. The topological polar surface area (TPSA) is 86.6 Å². The van der Waals surface area contributed by atoms with Crippen molar-refractivity contribution in [1.82, 2.24) is 0 Å². The van der Waals surface area contributed by atoms with E-state index < -0.39 is 23.8 Å². The molecule has 0 aliphatic carbocycles. The van der Waals surface area contributed by atoms with Crippen molar-refractivity contribution in [3.05, 3.63) is 29.6 Å². The molecule has 0 bridgehead atoms. The Morgan fingerprint density at radius 3 is 2.30 bits per heavy atom. The second-order valence-electron chi connectivity index (χ2n) is 5.83. The first-order chi connectivity index (χ1) is 10.8. The Morgan fingerprint density at radius 1 is 1.22 bits per heavy atom. The highest BCUT2D eigenvalue weighted by Gasteiger charge is 2.28. The van der Waals surface area contributed by atoms with E-state index in [2.05, 4.69) is 5.32 Å². The summed E-state index contributed by atoms with van der Waals surface area (Å²) >= 11 is 0. The minimum absolute atomic E-state index is 0.0484. The van der Waals surface area contributed by atoms with Crippen molar-refractivity contribution in [2.24, 2.45) is 0 Å². The lowest BCUT2D eigenvalue weighted by Gasteiger charge is -2.26. The van der Waals surface area contributed by atoms with Gasteiger partial charge in [-0.05, 0) is 30.5 Å². The highest BCUT2D eigenvalue weighted by molar-refractivity contribution is 5.91. The van der Waals surface area contributed by atoms with Crippen LogP contribution in [0.2, 0.25) is 0 Å². The van der Waals surface area contributed by atoms with Gasteiger partial charge in [0, 0.05) is 5.69 Å². The van der Waals surface area contributed by atoms with Gasteiger partial charge in [0.05, 0.1) is 18.4 Å². The molecule has 1 aromatic carbocycles. The third-order valence-electron chi connectivity index (χ3n) is 3.60. The van der Waals surface area contributed by atoms with Crippen molar-refractivity contribution in [1.29, 1.82) is 0 Å². The van der Waals surface area contributed by atoms with Gasteiger partial charge in [-0.3, -0.25) is 9.59 Å². The summed E-state index contributed by atoms with van der Waals surface area (Å²) in [5, 5.41) is 21.7. The Labute approximate surface area is 135 Å². The number of aliphatic carboxylic acids is 1. The fraction of sp³-hybridized carbons (Fsp3) is 0.529. The maximum Gasteiger partial charge on any atom is 0.307 e. The first-order valence-electron chi connectivity index (χ1n) is 7.82. The fourth-order valence-corrected chi connectivity index (χ4v) is 2.67. The number of amides is 1. The number of halogens is 1. The molecule has 128 valence electrons. The van der Waals surface area contributed by atoms with E-state index in [1.807, 2.05) is 13.8 Å². The largest absolute Gasteiger partial charge is 0.481 e. The van der Waals surface area contributed by atoms with Crippen LogP contribution in [0.1, 0.15) is 51.5 Å². The van der Waals surface area contributed by atoms with Gasteiger partial charge in [0.25, 0.3) is 0 Å². The molecule has 0 saturated carbocycles. The van der Waals surface area contributed by atoms with E-state index in [-0.39, 0.29) is 23.6 Å². The third kappa shape index (κ3) is 6.36. The molecule has 0 heterocycles. The van der Waals surface area contributed by atoms with Crippen LogP contribution in [0.3, 0.4) is 0 Å². The second kappa shape index (κ2) is 8.62. The van der Waals surface area contributed by atoms with E-state index in [4.69, 9.17) is 5.11 Å². The smallest absolute Gasteiger partial charge is 0.307 e. The van der Waals surface area contributed by atoms with Crippen LogP contribution >= 0.6 is 0 Å². The van der Waals surface area contributed by atoms with Crippen LogP contribution < -0.4 is 5.32 Å². The number of benzene rings is 1. The zero-order valence-corrected chi connectivity index (χ0v) is 13.6. The number of carboxylic acids is 1. The van der Waals surface area contributed by atoms with Gasteiger partial charge in [-0.25, -0.2) is 4.39 Å². The number of carbonyl (C=O) groups is 2. The molecule has 23 heavy (non-hydrogen) atoms. The molecule has 0 fully saturated rings. The molecule has 0 radical (unpaired) electrons. The average Bonchev–Trinajstić information content (AvgIpc) is 2.41. The first kappa shape index (κ1) is 19.1. The highest BCUT2D eigenvalue weighted by Crippen LogP contribution is 2.24. The van der Waals surface area contributed by atoms with Crippen molar-refractivity contribution < 1.29 is 24.2 Å². The zero-order chi connectivity index (χ0) is 17.5. The van der Waals surface area contributed by atoms with Crippen molar-refractivity contribution in [3.63, 3.8) is 0 Å². The molecule has 3 N–H and O–H groups in total. The number of rotatable bonds is 9. The van der Waals surface area contributed by atoms with Gasteiger partial charge >= 0.3 is 5.97 Å². The number of hydrogen-bond donors (Lipinski definition) is 3. The Kier molecular flexibility index (Phi) is 7.16. The number of aliphatic hydroxyl groups is 1. The monoisotopic (exact) mass is 325 g/mol. The molecule has 0 aliphatic rings. The lowest BCUT2D eigenvalue weighted by Crippen LogP contribution is -2.33. The van der Waals surface area contributed by atoms with E-state index in [9.17, 15) is 19.1 Å². The van der Waals surface area contributed by atoms with Crippen molar-refractivity contribution >= 4 is 17.6 Å².